The van der Waals surface area contributed by atoms with Gasteiger partial charge in [0.05, 0.1) is 22.4 Å². The summed E-state index contributed by atoms with van der Waals surface area (Å²) in [6, 6.07) is 97.9. The van der Waals surface area contributed by atoms with E-state index in [1.165, 1.54) is 77.4 Å². The number of imidazole rings is 1. The highest BCUT2D eigenvalue weighted by Crippen LogP contribution is 2.46. The third-order valence-corrected chi connectivity index (χ3v) is 14.4. The Bertz CT molecular complexity index is 4140. The summed E-state index contributed by atoms with van der Waals surface area (Å²) in [5, 5.41) is 4.79. The molecule has 0 spiro atoms. The smallest absolute Gasteiger partial charge is 0.145 e. The van der Waals surface area contributed by atoms with Crippen molar-refractivity contribution in [2.45, 2.75) is 27.3 Å². The molecule has 0 fully saturated rings. The first-order valence-electron chi connectivity index (χ1n) is 26.3. The van der Waals surface area contributed by atoms with Crippen LogP contribution in [0.1, 0.15) is 25.0 Å². The molecule has 0 radical (unpaired) electrons. The average molecular weight is 977 g/mol. The first-order chi connectivity index (χ1) is 37.6. The first kappa shape index (κ1) is 47.4. The number of hydrogen-bond donors (Lipinski definition) is 0. The molecule has 2 heterocycles. The molecular formula is C72H56N4. The van der Waals surface area contributed by atoms with Gasteiger partial charge in [0.2, 0.25) is 0 Å². The van der Waals surface area contributed by atoms with Crippen LogP contribution in [0.4, 0.5) is 11.4 Å². The quantitative estimate of drug-likeness (QED) is 0.121. The molecule has 0 saturated heterocycles. The maximum atomic E-state index is 5.39. The molecule has 0 aliphatic rings. The predicted molar refractivity (Wildman–Crippen MR) is 321 cm³/mol. The van der Waals surface area contributed by atoms with Crippen molar-refractivity contribution in [2.24, 2.45) is 0 Å². The number of pyridine rings is 1. The molecule has 0 atom stereocenters. The lowest BCUT2D eigenvalue weighted by atomic mass is 9.84. The highest BCUT2D eigenvalue weighted by Gasteiger charge is 2.21. The second kappa shape index (κ2) is 21.1. The summed E-state index contributed by atoms with van der Waals surface area (Å²) in [5.41, 5.74) is 20.0. The maximum absolute atomic E-state index is 5.39. The van der Waals surface area contributed by atoms with E-state index in [2.05, 4.69) is 283 Å². The minimum absolute atomic E-state index is 0.773. The largest absolute Gasteiger partial charge is 0.337 e. The van der Waals surface area contributed by atoms with Gasteiger partial charge in [-0.1, -0.05) is 214 Å². The van der Waals surface area contributed by atoms with Crippen molar-refractivity contribution in [2.75, 3.05) is 4.90 Å². The fourth-order valence-corrected chi connectivity index (χ4v) is 10.8. The molecule has 76 heavy (non-hydrogen) atoms. The van der Waals surface area contributed by atoms with Crippen molar-refractivity contribution in [3.63, 3.8) is 0 Å². The molecule has 11 aromatic carbocycles. The van der Waals surface area contributed by atoms with Crippen molar-refractivity contribution < 1.29 is 0 Å². The van der Waals surface area contributed by atoms with Gasteiger partial charge >= 0.3 is 0 Å². The van der Waals surface area contributed by atoms with E-state index < -0.39 is 0 Å². The fraction of sp³-hybridized carbons (Fsp3) is 0.0556. The SMILES string of the molecule is CC.Cc1cc(-c2ccc3c(-c4ccccc4)c4cc(-c5cccc(-c6ccc7c(c6)nc(-c6ccccc6)n7-c6ccccc6)n5)ccc4c(-c4ccccc4)c3c2)ccc1N(Cc1ccccc1)c1ccccc1. The summed E-state index contributed by atoms with van der Waals surface area (Å²) in [7, 11) is 0. The second-order valence-electron chi connectivity index (χ2n) is 19.0. The van der Waals surface area contributed by atoms with Gasteiger partial charge in [-0.2, -0.15) is 0 Å². The summed E-state index contributed by atoms with van der Waals surface area (Å²) in [6.45, 7) is 7.01. The van der Waals surface area contributed by atoms with Crippen LogP contribution in [0.15, 0.2) is 273 Å². The summed E-state index contributed by atoms with van der Waals surface area (Å²) < 4.78 is 2.25. The molecule has 0 amide bonds. The number of hydrogen-bond acceptors (Lipinski definition) is 3. The monoisotopic (exact) mass is 976 g/mol. The van der Waals surface area contributed by atoms with E-state index in [9.17, 15) is 0 Å². The molecule has 2 aromatic heterocycles. The van der Waals surface area contributed by atoms with Crippen molar-refractivity contribution in [3.8, 4) is 73.0 Å². The predicted octanol–water partition coefficient (Wildman–Crippen LogP) is 19.4. The number of para-hydroxylation sites is 2. The molecule has 4 heteroatoms. The first-order valence-corrected chi connectivity index (χ1v) is 26.3. The summed E-state index contributed by atoms with van der Waals surface area (Å²) in [5.74, 6) is 0.907. The van der Waals surface area contributed by atoms with E-state index >= 15 is 0 Å². The van der Waals surface area contributed by atoms with Gasteiger partial charge in [-0.25, -0.2) is 9.97 Å². The molecule has 13 aromatic rings. The van der Waals surface area contributed by atoms with Gasteiger partial charge in [-0.15, -0.1) is 0 Å². The second-order valence-corrected chi connectivity index (χ2v) is 19.0. The summed E-state index contributed by atoms with van der Waals surface area (Å²) >= 11 is 0. The van der Waals surface area contributed by atoms with Crippen LogP contribution in [0.2, 0.25) is 0 Å². The Labute approximate surface area is 445 Å². The van der Waals surface area contributed by atoms with E-state index in [-0.39, 0.29) is 0 Å². The van der Waals surface area contributed by atoms with Gasteiger partial charge < -0.3 is 4.90 Å². The van der Waals surface area contributed by atoms with E-state index in [1.807, 2.05) is 19.9 Å². The van der Waals surface area contributed by atoms with Crippen molar-refractivity contribution in [1.82, 2.24) is 14.5 Å². The Kier molecular flexibility index (Phi) is 13.1. The van der Waals surface area contributed by atoms with Gasteiger partial charge in [0.25, 0.3) is 0 Å². The van der Waals surface area contributed by atoms with Crippen LogP contribution in [-0.2, 0) is 6.54 Å². The Balaban J connectivity index is 0.00000288. The van der Waals surface area contributed by atoms with Crippen LogP contribution in [-0.4, -0.2) is 14.5 Å². The molecule has 0 N–H and O–H groups in total. The van der Waals surface area contributed by atoms with Crippen LogP contribution < -0.4 is 4.90 Å². The van der Waals surface area contributed by atoms with E-state index in [1.54, 1.807) is 0 Å². The van der Waals surface area contributed by atoms with Gasteiger partial charge in [0.15, 0.2) is 0 Å². The molecule has 0 aliphatic carbocycles. The zero-order chi connectivity index (χ0) is 51.4. The number of fused-ring (bicyclic) bond motifs is 3. The minimum Gasteiger partial charge on any atom is -0.337 e. The number of aryl methyl sites for hydroxylation is 1. The molecular weight excluding hydrogens is 921 g/mol. The Morgan fingerprint density at radius 1 is 0.368 bits per heavy atom. The maximum Gasteiger partial charge on any atom is 0.145 e. The van der Waals surface area contributed by atoms with Gasteiger partial charge in [0, 0.05) is 40.3 Å². The molecule has 0 saturated carbocycles. The highest BCUT2D eigenvalue weighted by atomic mass is 15.1. The van der Waals surface area contributed by atoms with Crippen LogP contribution in [0.3, 0.4) is 0 Å². The van der Waals surface area contributed by atoms with Crippen molar-refractivity contribution in [3.05, 3.63) is 284 Å². The zero-order valence-corrected chi connectivity index (χ0v) is 43.0. The highest BCUT2D eigenvalue weighted by molar-refractivity contribution is 6.22. The third kappa shape index (κ3) is 9.12. The van der Waals surface area contributed by atoms with Crippen molar-refractivity contribution >= 4 is 44.0 Å². The normalized spacial score (nSPS) is 11.1. The van der Waals surface area contributed by atoms with Gasteiger partial charge in [-0.3, -0.25) is 4.57 Å². The number of nitrogens with zero attached hydrogens (tertiary/aromatic N) is 4. The number of aromatic nitrogens is 3. The minimum atomic E-state index is 0.773. The molecule has 13 rings (SSSR count). The molecule has 364 valence electrons. The van der Waals surface area contributed by atoms with Crippen LogP contribution in [0, 0.1) is 6.92 Å². The Morgan fingerprint density at radius 3 is 1.43 bits per heavy atom. The molecule has 0 unspecified atom stereocenters. The molecule has 0 aliphatic heterocycles. The Hall–Kier alpha value is -9.64. The van der Waals surface area contributed by atoms with Crippen LogP contribution in [0.25, 0.3) is 106 Å². The number of benzene rings is 11. The van der Waals surface area contributed by atoms with Crippen molar-refractivity contribution in [1.29, 1.82) is 0 Å². The number of rotatable bonds is 11. The molecule has 0 bridgehead atoms. The molecule has 4 nitrogen and oxygen atoms in total. The number of anilines is 2. The summed E-state index contributed by atoms with van der Waals surface area (Å²) in [4.78, 5) is 13.1. The summed E-state index contributed by atoms with van der Waals surface area (Å²) in [6.07, 6.45) is 0. The van der Waals surface area contributed by atoms with Crippen LogP contribution >= 0.6 is 0 Å². The fourth-order valence-electron chi connectivity index (χ4n) is 10.8. The lowest BCUT2D eigenvalue weighted by molar-refractivity contribution is 0.969. The standard InChI is InChI=1S/C70H50N4.C2H6/c1-48-43-53(37-41-66(48)73(57-29-16-6-17-30-57)47-49-21-8-2-9-22-49)54-35-39-59-61(44-54)68(50-23-10-3-11-24-50)60-40-36-55(45-62(60)69(59)51-25-12-4-13-26-51)63-33-20-34-64(71-63)56-38-42-67-65(46-56)72-70(52-27-14-5-15-28-52)74(67)58-31-18-7-19-32-58;1-2/h2-46H,47H2,1H3;1-2H3. The van der Waals surface area contributed by atoms with Crippen LogP contribution in [0.5, 0.6) is 0 Å². The van der Waals surface area contributed by atoms with E-state index in [4.69, 9.17) is 9.97 Å². The van der Waals surface area contributed by atoms with Gasteiger partial charge in [0.1, 0.15) is 5.82 Å². The lowest BCUT2D eigenvalue weighted by Crippen LogP contribution is -2.17. The lowest BCUT2D eigenvalue weighted by Gasteiger charge is -2.27. The third-order valence-electron chi connectivity index (χ3n) is 14.4. The topological polar surface area (TPSA) is 34.0 Å². The Morgan fingerprint density at radius 2 is 0.842 bits per heavy atom. The zero-order valence-electron chi connectivity index (χ0n) is 43.0. The average Bonchev–Trinajstić information content (AvgIpc) is 3.98. The van der Waals surface area contributed by atoms with E-state index in [0.717, 1.165) is 57.2 Å². The van der Waals surface area contributed by atoms with E-state index in [0.29, 0.717) is 0 Å². The van der Waals surface area contributed by atoms with Gasteiger partial charge in [-0.05, 0) is 146 Å².